The van der Waals surface area contributed by atoms with E-state index in [9.17, 15) is 9.90 Å². The van der Waals surface area contributed by atoms with Gasteiger partial charge in [-0.2, -0.15) is 0 Å². The molecule has 0 aromatic heterocycles. The van der Waals surface area contributed by atoms with Crippen LogP contribution in [0.5, 0.6) is 11.5 Å². The molecule has 156 valence electrons. The lowest BCUT2D eigenvalue weighted by molar-refractivity contribution is -0.129. The summed E-state index contributed by atoms with van der Waals surface area (Å²) in [7, 11) is 0. The van der Waals surface area contributed by atoms with Gasteiger partial charge in [-0.1, -0.05) is 78.0 Å². The van der Waals surface area contributed by atoms with Gasteiger partial charge in [0.15, 0.2) is 0 Å². The number of phenols is 1. The first-order chi connectivity index (χ1) is 13.2. The summed E-state index contributed by atoms with van der Waals surface area (Å²) in [5, 5.41) is 10.5. The van der Waals surface area contributed by atoms with Crippen molar-refractivity contribution in [2.45, 2.75) is 72.6 Å². The molecular weight excluding hydrogens is 360 g/mol. The molecule has 0 bridgehead atoms. The molecule has 1 N–H and O–H groups in total. The van der Waals surface area contributed by atoms with E-state index in [1.807, 2.05) is 13.0 Å². The van der Waals surface area contributed by atoms with Crippen LogP contribution in [-0.2, 0) is 22.0 Å². The van der Waals surface area contributed by atoms with Crippen molar-refractivity contribution in [3.05, 3.63) is 70.3 Å². The molecule has 0 heterocycles. The summed E-state index contributed by atoms with van der Waals surface area (Å²) in [6, 6.07) is 8.21. The molecule has 0 aliphatic carbocycles. The van der Waals surface area contributed by atoms with Crippen LogP contribution in [0.1, 0.15) is 74.9 Å². The smallest absolute Gasteiger partial charge is 0.335 e. The largest absolute Gasteiger partial charge is 0.507 e. The summed E-state index contributed by atoms with van der Waals surface area (Å²) in [5.41, 5.74) is 5.55. The molecule has 29 heavy (non-hydrogen) atoms. The quantitative estimate of drug-likeness (QED) is 0.377. The standard InChI is InChI=1S/C26H34O3/c1-10-22(27)29-24-19(11-16(2)12-21(24)26(7,8)9)14-18-13-17(3)23(28)20(15-18)25(4,5)6/h10-13,15,28H,1,14H2,2-9H3. The molecule has 3 heteroatoms. The van der Waals surface area contributed by atoms with Gasteiger partial charge in [-0.25, -0.2) is 4.79 Å². The molecule has 3 nitrogen and oxygen atoms in total. The lowest BCUT2D eigenvalue weighted by Crippen LogP contribution is -2.17. The predicted molar refractivity (Wildman–Crippen MR) is 120 cm³/mol. The van der Waals surface area contributed by atoms with Crippen molar-refractivity contribution in [1.29, 1.82) is 0 Å². The Labute approximate surface area is 175 Å². The number of hydrogen-bond acceptors (Lipinski definition) is 3. The summed E-state index contributed by atoms with van der Waals surface area (Å²) in [5.74, 6) is 0.494. The maximum atomic E-state index is 12.1. The average Bonchev–Trinajstić information content (AvgIpc) is 2.57. The number of carbonyl (C=O) groups excluding carboxylic acids is 1. The number of aryl methyl sites for hydroxylation is 2. The first-order valence-corrected chi connectivity index (χ1v) is 10.0. The van der Waals surface area contributed by atoms with Crippen molar-refractivity contribution in [3.8, 4) is 11.5 Å². The highest BCUT2D eigenvalue weighted by atomic mass is 16.5. The van der Waals surface area contributed by atoms with E-state index in [4.69, 9.17) is 4.74 Å². The highest BCUT2D eigenvalue weighted by Crippen LogP contribution is 2.38. The third-order valence-corrected chi connectivity index (χ3v) is 5.05. The molecule has 0 atom stereocenters. The van der Waals surface area contributed by atoms with Crippen LogP contribution >= 0.6 is 0 Å². The Morgan fingerprint density at radius 2 is 1.59 bits per heavy atom. The van der Waals surface area contributed by atoms with Crippen LogP contribution in [0, 0.1) is 13.8 Å². The summed E-state index contributed by atoms with van der Waals surface area (Å²) in [6.45, 7) is 20.1. The molecule has 0 unspecified atom stereocenters. The summed E-state index contributed by atoms with van der Waals surface area (Å²) in [4.78, 5) is 12.1. The zero-order chi connectivity index (χ0) is 22.1. The molecule has 0 spiro atoms. The molecule has 0 aliphatic heterocycles. The molecule has 2 aromatic rings. The number of benzene rings is 2. The SMILES string of the molecule is C=CC(=O)Oc1c(Cc2cc(C)c(O)c(C(C)(C)C)c2)cc(C)cc1C(C)(C)C. The van der Waals surface area contributed by atoms with E-state index in [-0.39, 0.29) is 10.8 Å². The molecule has 0 saturated heterocycles. The number of phenolic OH excluding ortho intramolecular Hbond substituents is 1. The van der Waals surface area contributed by atoms with Crippen LogP contribution < -0.4 is 4.74 Å². The molecule has 2 rings (SSSR count). The molecule has 0 amide bonds. The molecule has 0 radical (unpaired) electrons. The van der Waals surface area contributed by atoms with E-state index in [2.05, 4.69) is 73.2 Å². The molecule has 2 aromatic carbocycles. The lowest BCUT2D eigenvalue weighted by atomic mass is 9.81. The van der Waals surface area contributed by atoms with Gasteiger partial charge in [0.1, 0.15) is 11.5 Å². The van der Waals surface area contributed by atoms with Gasteiger partial charge >= 0.3 is 5.97 Å². The van der Waals surface area contributed by atoms with Crippen molar-refractivity contribution >= 4 is 5.97 Å². The van der Waals surface area contributed by atoms with Crippen molar-refractivity contribution in [2.75, 3.05) is 0 Å². The number of ether oxygens (including phenoxy) is 1. The van der Waals surface area contributed by atoms with Gasteiger partial charge < -0.3 is 9.84 Å². The van der Waals surface area contributed by atoms with Crippen molar-refractivity contribution in [2.24, 2.45) is 0 Å². The minimum atomic E-state index is -0.460. The highest BCUT2D eigenvalue weighted by Gasteiger charge is 2.25. The van der Waals surface area contributed by atoms with Crippen molar-refractivity contribution < 1.29 is 14.6 Å². The van der Waals surface area contributed by atoms with Gasteiger partial charge in [0.05, 0.1) is 0 Å². The fraction of sp³-hybridized carbons (Fsp3) is 0.423. The Morgan fingerprint density at radius 3 is 2.10 bits per heavy atom. The van der Waals surface area contributed by atoms with Crippen LogP contribution in [0.3, 0.4) is 0 Å². The Kier molecular flexibility index (Phi) is 6.32. The number of rotatable bonds is 4. The maximum absolute atomic E-state index is 12.1. The van der Waals surface area contributed by atoms with Crippen LogP contribution in [0.4, 0.5) is 0 Å². The maximum Gasteiger partial charge on any atom is 0.335 e. The Bertz CT molecular complexity index is 938. The fourth-order valence-electron chi connectivity index (χ4n) is 3.55. The average molecular weight is 395 g/mol. The van der Waals surface area contributed by atoms with Gasteiger partial charge in [-0.3, -0.25) is 0 Å². The molecular formula is C26H34O3. The molecule has 0 aliphatic rings. The fourth-order valence-corrected chi connectivity index (χ4v) is 3.55. The van der Waals surface area contributed by atoms with Crippen molar-refractivity contribution in [1.82, 2.24) is 0 Å². The Balaban J connectivity index is 2.66. The second-order valence-corrected chi connectivity index (χ2v) is 9.91. The van der Waals surface area contributed by atoms with E-state index in [0.29, 0.717) is 17.9 Å². The molecule has 0 fully saturated rings. The monoisotopic (exact) mass is 394 g/mol. The predicted octanol–water partition coefficient (Wildman–Crippen LogP) is 6.29. The molecule has 0 saturated carbocycles. The highest BCUT2D eigenvalue weighted by molar-refractivity contribution is 5.84. The van der Waals surface area contributed by atoms with Crippen LogP contribution in [0.25, 0.3) is 0 Å². The van der Waals surface area contributed by atoms with E-state index in [0.717, 1.165) is 33.4 Å². The van der Waals surface area contributed by atoms with Crippen LogP contribution in [0.2, 0.25) is 0 Å². The number of hydrogen-bond donors (Lipinski definition) is 1. The lowest BCUT2D eigenvalue weighted by Gasteiger charge is -2.26. The number of esters is 1. The van der Waals surface area contributed by atoms with E-state index in [1.54, 1.807) is 0 Å². The minimum Gasteiger partial charge on any atom is -0.507 e. The number of carbonyl (C=O) groups is 1. The van der Waals surface area contributed by atoms with Crippen LogP contribution in [0.15, 0.2) is 36.9 Å². The van der Waals surface area contributed by atoms with Gasteiger partial charge in [0.25, 0.3) is 0 Å². The third kappa shape index (κ3) is 5.29. The first-order valence-electron chi connectivity index (χ1n) is 10.0. The zero-order valence-corrected chi connectivity index (χ0v) is 19.1. The summed E-state index contributed by atoms with van der Waals surface area (Å²) in [6.07, 6.45) is 1.80. The third-order valence-electron chi connectivity index (χ3n) is 5.05. The summed E-state index contributed by atoms with van der Waals surface area (Å²) >= 11 is 0. The summed E-state index contributed by atoms with van der Waals surface area (Å²) < 4.78 is 5.72. The zero-order valence-electron chi connectivity index (χ0n) is 19.1. The first kappa shape index (κ1) is 22.7. The van der Waals surface area contributed by atoms with Gasteiger partial charge in [0.2, 0.25) is 0 Å². The normalized spacial score (nSPS) is 12.0. The number of aromatic hydroxyl groups is 1. The van der Waals surface area contributed by atoms with Gasteiger partial charge in [0, 0.05) is 18.1 Å². The second-order valence-electron chi connectivity index (χ2n) is 9.91. The Hall–Kier alpha value is -2.55. The second kappa shape index (κ2) is 8.06. The Morgan fingerprint density at radius 1 is 1.00 bits per heavy atom. The van der Waals surface area contributed by atoms with Crippen LogP contribution in [-0.4, -0.2) is 11.1 Å². The van der Waals surface area contributed by atoms with E-state index in [1.165, 1.54) is 6.08 Å². The topological polar surface area (TPSA) is 46.5 Å². The van der Waals surface area contributed by atoms with Crippen molar-refractivity contribution in [3.63, 3.8) is 0 Å². The van der Waals surface area contributed by atoms with Gasteiger partial charge in [-0.15, -0.1) is 0 Å². The van der Waals surface area contributed by atoms with E-state index < -0.39 is 5.97 Å². The minimum absolute atomic E-state index is 0.174. The van der Waals surface area contributed by atoms with Gasteiger partial charge in [-0.05, 0) is 46.9 Å². The van der Waals surface area contributed by atoms with E-state index >= 15 is 0 Å².